The van der Waals surface area contributed by atoms with Crippen molar-refractivity contribution in [2.45, 2.75) is 10.3 Å². The first kappa shape index (κ1) is 11.2. The van der Waals surface area contributed by atoms with Gasteiger partial charge < -0.3 is 5.32 Å². The molecule has 0 saturated heterocycles. The molecule has 4 heteroatoms. The van der Waals surface area contributed by atoms with E-state index in [0.29, 0.717) is 6.54 Å². The van der Waals surface area contributed by atoms with Crippen LogP contribution in [0.2, 0.25) is 0 Å². The lowest BCUT2D eigenvalue weighted by molar-refractivity contribution is 0.576. The molecule has 0 fully saturated rings. The van der Waals surface area contributed by atoms with Crippen molar-refractivity contribution < 1.29 is 8.42 Å². The highest BCUT2D eigenvalue weighted by Gasteiger charge is 2.21. The second kappa shape index (κ2) is 4.57. The zero-order chi connectivity index (χ0) is 10.6. The van der Waals surface area contributed by atoms with Crippen molar-refractivity contribution in [3.8, 4) is 0 Å². The van der Waals surface area contributed by atoms with Crippen LogP contribution >= 0.6 is 0 Å². The molecule has 0 aliphatic rings. The third-order valence-corrected chi connectivity index (χ3v) is 3.66. The Morgan fingerprint density at radius 1 is 1.29 bits per heavy atom. The number of sulfone groups is 1. The van der Waals surface area contributed by atoms with Crippen molar-refractivity contribution in [2.24, 2.45) is 0 Å². The van der Waals surface area contributed by atoms with Crippen molar-refractivity contribution in [1.82, 2.24) is 5.32 Å². The number of benzene rings is 1. The molecule has 0 amide bonds. The second-order valence-electron chi connectivity index (χ2n) is 2.80. The van der Waals surface area contributed by atoms with Crippen LogP contribution in [0.3, 0.4) is 0 Å². The van der Waals surface area contributed by atoms with Gasteiger partial charge in [0.25, 0.3) is 0 Å². The minimum atomic E-state index is -3.36. The molecule has 1 atom stereocenters. The zero-order valence-corrected chi connectivity index (χ0v) is 8.63. The molecule has 0 aromatic heterocycles. The smallest absolute Gasteiger partial charge is 0.194 e. The van der Waals surface area contributed by atoms with Crippen molar-refractivity contribution in [2.75, 3.05) is 6.54 Å². The van der Waals surface area contributed by atoms with E-state index in [1.54, 1.807) is 30.3 Å². The van der Waals surface area contributed by atoms with E-state index in [4.69, 9.17) is 0 Å². The maximum Gasteiger partial charge on any atom is 0.194 e. The fraction of sp³-hybridized carbons (Fsp3) is 0.200. The third kappa shape index (κ3) is 2.33. The highest BCUT2D eigenvalue weighted by molar-refractivity contribution is 7.92. The average molecular weight is 211 g/mol. The van der Waals surface area contributed by atoms with Gasteiger partial charge in [-0.15, -0.1) is 0 Å². The summed E-state index contributed by atoms with van der Waals surface area (Å²) in [5.41, 5.74) is 0. The maximum atomic E-state index is 11.8. The van der Waals surface area contributed by atoms with Crippen molar-refractivity contribution >= 4 is 9.84 Å². The molecule has 1 rings (SSSR count). The van der Waals surface area contributed by atoms with E-state index in [1.165, 1.54) is 0 Å². The summed E-state index contributed by atoms with van der Waals surface area (Å²) in [5, 5.41) is 1.83. The molecule has 76 valence electrons. The fourth-order valence-corrected chi connectivity index (χ4v) is 2.25. The van der Waals surface area contributed by atoms with Gasteiger partial charge in [-0.1, -0.05) is 18.2 Å². The summed E-state index contributed by atoms with van der Waals surface area (Å²) in [6.07, 6.45) is 0. The molecule has 0 aliphatic heterocycles. The van der Waals surface area contributed by atoms with Gasteiger partial charge in [0.2, 0.25) is 0 Å². The summed E-state index contributed by atoms with van der Waals surface area (Å²) < 4.78 is 23.5. The molecule has 0 heterocycles. The summed E-state index contributed by atoms with van der Waals surface area (Å²) in [6, 6.07) is 8.25. The normalized spacial score (nSPS) is 13.9. The van der Waals surface area contributed by atoms with E-state index < -0.39 is 15.2 Å². The van der Waals surface area contributed by atoms with Crippen LogP contribution in [0.1, 0.15) is 0 Å². The van der Waals surface area contributed by atoms with Crippen molar-refractivity contribution in [1.29, 1.82) is 0 Å². The van der Waals surface area contributed by atoms with Gasteiger partial charge in [0, 0.05) is 0 Å². The summed E-state index contributed by atoms with van der Waals surface area (Å²) in [6.45, 7) is 7.39. The summed E-state index contributed by atoms with van der Waals surface area (Å²) in [7, 11) is -3.36. The number of nitrogens with one attached hydrogen (secondary N) is 1. The number of hydrogen-bond donors (Lipinski definition) is 1. The Balaban J connectivity index is 2.97. The molecule has 0 aliphatic carbocycles. The van der Waals surface area contributed by atoms with Crippen LogP contribution in [0.25, 0.3) is 0 Å². The molecular weight excluding hydrogens is 198 g/mol. The molecule has 14 heavy (non-hydrogen) atoms. The lowest BCUT2D eigenvalue weighted by atomic mass is 10.4. The van der Waals surface area contributed by atoms with Gasteiger partial charge in [-0.3, -0.25) is 0 Å². The minimum absolute atomic E-state index is 0.279. The highest BCUT2D eigenvalue weighted by Crippen LogP contribution is 2.13. The van der Waals surface area contributed by atoms with Crippen LogP contribution in [0.5, 0.6) is 0 Å². The molecule has 1 unspecified atom stereocenters. The Labute approximate surface area is 85.1 Å². The highest BCUT2D eigenvalue weighted by atomic mass is 32.2. The minimum Gasteiger partial charge on any atom is -0.301 e. The number of rotatable bonds is 4. The standard InChI is InChI=1S/C10H13NO2S/c1-3-11-9(2)14(12,13)10-7-5-4-6-8-10/h4-9,11H,1-3H2. The molecule has 1 aromatic rings. The predicted molar refractivity (Wildman–Crippen MR) is 56.1 cm³/mol. The molecule has 2 radical (unpaired) electrons. The van der Waals surface area contributed by atoms with Crippen molar-refractivity contribution in [3.63, 3.8) is 0 Å². The van der Waals surface area contributed by atoms with E-state index in [2.05, 4.69) is 19.2 Å². The van der Waals surface area contributed by atoms with Crippen LogP contribution in [0.4, 0.5) is 0 Å². The van der Waals surface area contributed by atoms with Crippen LogP contribution < -0.4 is 5.32 Å². The molecule has 0 saturated carbocycles. The maximum absolute atomic E-state index is 11.8. The Kier molecular flexibility index (Phi) is 3.66. The molecule has 3 nitrogen and oxygen atoms in total. The van der Waals surface area contributed by atoms with Gasteiger partial charge in [-0.2, -0.15) is 0 Å². The first-order chi connectivity index (χ1) is 6.59. The summed E-state index contributed by atoms with van der Waals surface area (Å²) >= 11 is 0. The Morgan fingerprint density at radius 3 is 2.36 bits per heavy atom. The average Bonchev–Trinajstić information content (AvgIpc) is 2.19. The van der Waals surface area contributed by atoms with Crippen LogP contribution in [0, 0.1) is 13.8 Å². The third-order valence-electron chi connectivity index (χ3n) is 1.82. The first-order valence-corrected chi connectivity index (χ1v) is 5.78. The largest absolute Gasteiger partial charge is 0.301 e. The van der Waals surface area contributed by atoms with Gasteiger partial charge in [-0.05, 0) is 32.5 Å². The lowest BCUT2D eigenvalue weighted by Gasteiger charge is -2.12. The molecule has 1 N–H and O–H groups in total. The van der Waals surface area contributed by atoms with E-state index in [0.717, 1.165) is 0 Å². The number of hydrogen-bond acceptors (Lipinski definition) is 3. The van der Waals surface area contributed by atoms with Crippen LogP contribution in [-0.4, -0.2) is 20.3 Å². The molecule has 0 bridgehead atoms. The topological polar surface area (TPSA) is 46.2 Å². The second-order valence-corrected chi connectivity index (χ2v) is 4.93. The van der Waals surface area contributed by atoms with E-state index in [-0.39, 0.29) is 4.90 Å². The van der Waals surface area contributed by atoms with Crippen LogP contribution in [0.15, 0.2) is 35.2 Å². The van der Waals surface area contributed by atoms with Gasteiger partial charge in [-0.25, -0.2) is 8.42 Å². The molecular formula is C10H13NO2S. The Bertz CT molecular complexity index is 372. The zero-order valence-electron chi connectivity index (χ0n) is 7.81. The van der Waals surface area contributed by atoms with Gasteiger partial charge in [0.15, 0.2) is 9.84 Å². The monoisotopic (exact) mass is 211 g/mol. The summed E-state index contributed by atoms with van der Waals surface area (Å²) in [5.74, 6) is 0. The van der Waals surface area contributed by atoms with E-state index >= 15 is 0 Å². The molecule has 0 spiro atoms. The van der Waals surface area contributed by atoms with Gasteiger partial charge >= 0.3 is 0 Å². The first-order valence-electron chi connectivity index (χ1n) is 4.23. The predicted octanol–water partition coefficient (Wildman–Crippen LogP) is 1.04. The molecule has 1 aromatic carbocycles. The fourth-order valence-electron chi connectivity index (χ4n) is 1.05. The van der Waals surface area contributed by atoms with Gasteiger partial charge in [0.05, 0.1) is 4.90 Å². The SMILES string of the molecule is [CH2]CNC([CH2])S(=O)(=O)c1ccccc1. The van der Waals surface area contributed by atoms with E-state index in [9.17, 15) is 8.42 Å². The van der Waals surface area contributed by atoms with Crippen LogP contribution in [-0.2, 0) is 9.84 Å². The van der Waals surface area contributed by atoms with Crippen molar-refractivity contribution in [3.05, 3.63) is 44.2 Å². The summed E-state index contributed by atoms with van der Waals surface area (Å²) in [4.78, 5) is 0.279. The van der Waals surface area contributed by atoms with Gasteiger partial charge in [0.1, 0.15) is 5.37 Å². The van der Waals surface area contributed by atoms with E-state index in [1.807, 2.05) is 0 Å². The quantitative estimate of drug-likeness (QED) is 0.809. The Morgan fingerprint density at radius 2 is 1.86 bits per heavy atom. The lowest BCUT2D eigenvalue weighted by Crippen LogP contribution is -2.34. The Hall–Kier alpha value is -0.870.